The molecule has 0 bridgehead atoms. The van der Waals surface area contributed by atoms with Gasteiger partial charge in [0.25, 0.3) is 11.8 Å². The van der Waals surface area contributed by atoms with Crippen molar-refractivity contribution in [1.29, 1.82) is 0 Å². The van der Waals surface area contributed by atoms with Gasteiger partial charge in [-0.15, -0.1) is 0 Å². The van der Waals surface area contributed by atoms with Crippen LogP contribution in [0.1, 0.15) is 60.2 Å². The molecule has 0 spiro atoms. The number of carbonyl (C=O) groups excluding carboxylic acids is 3. The molecule has 8 heteroatoms. The van der Waals surface area contributed by atoms with Crippen LogP contribution in [0.25, 0.3) is 0 Å². The maximum atomic E-state index is 12.6. The number of imide groups is 1. The number of hydrogen-bond acceptors (Lipinski definition) is 6. The first-order valence-electron chi connectivity index (χ1n) is 9.77. The van der Waals surface area contributed by atoms with E-state index in [0.717, 1.165) is 4.90 Å². The zero-order chi connectivity index (χ0) is 22.1. The number of aliphatic imine (C=N–C) groups is 1. The van der Waals surface area contributed by atoms with E-state index in [1.807, 2.05) is 13.8 Å². The fraction of sp³-hybridized carbons (Fsp3) is 0.409. The average Bonchev–Trinajstić information content (AvgIpc) is 2.90. The molecule has 8 nitrogen and oxygen atoms in total. The van der Waals surface area contributed by atoms with Crippen molar-refractivity contribution in [2.24, 2.45) is 10.4 Å². The van der Waals surface area contributed by atoms with Gasteiger partial charge in [0.15, 0.2) is 5.78 Å². The Hall–Kier alpha value is -3.29. The number of nitrogens with zero attached hydrogens (tertiary/aromatic N) is 2. The summed E-state index contributed by atoms with van der Waals surface area (Å²) in [7, 11) is 0. The number of benzene rings is 1. The SMILES string of the molecule is CC1(C)CC(=O)C(=C(O)CCCN2C(=O)c3ccccc3C2=O)C(=NCC(=O)O)C1. The van der Waals surface area contributed by atoms with Crippen molar-refractivity contribution in [2.45, 2.75) is 39.5 Å². The number of Topliss-reactive ketones (excluding diaryl/α,β-unsaturated/α-hetero) is 1. The molecule has 158 valence electrons. The lowest BCUT2D eigenvalue weighted by Gasteiger charge is -2.31. The van der Waals surface area contributed by atoms with Crippen LogP contribution in [0.5, 0.6) is 0 Å². The quantitative estimate of drug-likeness (QED) is 0.421. The van der Waals surface area contributed by atoms with E-state index in [9.17, 15) is 24.3 Å². The molecule has 1 fully saturated rings. The number of aliphatic hydroxyl groups is 1. The highest BCUT2D eigenvalue weighted by Gasteiger charge is 2.37. The largest absolute Gasteiger partial charge is 0.511 e. The minimum absolute atomic E-state index is 0.0675. The molecule has 1 saturated carbocycles. The minimum Gasteiger partial charge on any atom is -0.511 e. The molecule has 2 N–H and O–H groups in total. The zero-order valence-corrected chi connectivity index (χ0v) is 17.0. The van der Waals surface area contributed by atoms with Crippen LogP contribution in [-0.2, 0) is 9.59 Å². The topological polar surface area (TPSA) is 124 Å². The first kappa shape index (κ1) is 21.4. The molecule has 0 saturated heterocycles. The molecule has 1 aliphatic carbocycles. The Morgan fingerprint density at radius 2 is 1.67 bits per heavy atom. The van der Waals surface area contributed by atoms with Gasteiger partial charge in [0.2, 0.25) is 0 Å². The number of rotatable bonds is 6. The Bertz CT molecular complexity index is 954. The van der Waals surface area contributed by atoms with Gasteiger partial charge in [0.05, 0.1) is 22.4 Å². The normalized spacial score (nSPS) is 21.2. The third kappa shape index (κ3) is 4.32. The molecule has 0 radical (unpaired) electrons. The summed E-state index contributed by atoms with van der Waals surface area (Å²) in [6, 6.07) is 6.58. The van der Waals surface area contributed by atoms with Crippen molar-refractivity contribution in [1.82, 2.24) is 4.90 Å². The predicted molar refractivity (Wildman–Crippen MR) is 109 cm³/mol. The van der Waals surface area contributed by atoms with Crippen LogP contribution in [-0.4, -0.2) is 57.5 Å². The Kier molecular flexibility index (Phi) is 5.87. The van der Waals surface area contributed by atoms with Gasteiger partial charge in [-0.05, 0) is 30.4 Å². The number of allylic oxidation sites excluding steroid dienone is 2. The van der Waals surface area contributed by atoms with Crippen molar-refractivity contribution in [3.8, 4) is 0 Å². The molecule has 0 aromatic heterocycles. The van der Waals surface area contributed by atoms with Crippen molar-refractivity contribution in [2.75, 3.05) is 13.1 Å². The number of aliphatic hydroxyl groups excluding tert-OH is 1. The standard InChI is InChI=1S/C22H24N2O6/c1-22(2)10-15(23-12-18(27)28)19(17(26)11-22)16(25)8-5-9-24-20(29)13-6-3-4-7-14(13)21(24)30/h3-4,6-7,25H,5,8-12H2,1-2H3,(H,27,28). The van der Waals surface area contributed by atoms with Gasteiger partial charge >= 0.3 is 5.97 Å². The number of carboxylic acid groups (broad SMARTS) is 1. The van der Waals surface area contributed by atoms with E-state index in [1.54, 1.807) is 24.3 Å². The van der Waals surface area contributed by atoms with E-state index in [-0.39, 0.29) is 65.9 Å². The number of fused-ring (bicyclic) bond motifs is 1. The molecule has 30 heavy (non-hydrogen) atoms. The van der Waals surface area contributed by atoms with Gasteiger partial charge in [0, 0.05) is 19.4 Å². The molecule has 1 aliphatic heterocycles. The van der Waals surface area contributed by atoms with Crippen LogP contribution in [0.2, 0.25) is 0 Å². The van der Waals surface area contributed by atoms with Crippen molar-refractivity contribution >= 4 is 29.3 Å². The fourth-order valence-electron chi connectivity index (χ4n) is 3.89. The number of carboxylic acids is 1. The van der Waals surface area contributed by atoms with E-state index >= 15 is 0 Å². The second-order valence-electron chi connectivity index (χ2n) is 8.33. The van der Waals surface area contributed by atoms with Crippen LogP contribution < -0.4 is 0 Å². The van der Waals surface area contributed by atoms with Crippen LogP contribution in [0.4, 0.5) is 0 Å². The highest BCUT2D eigenvalue weighted by molar-refractivity contribution is 6.25. The van der Waals surface area contributed by atoms with Crippen molar-refractivity contribution in [3.05, 3.63) is 46.7 Å². The molecule has 3 rings (SSSR count). The minimum atomic E-state index is -1.12. The Morgan fingerprint density at radius 1 is 1.07 bits per heavy atom. The first-order valence-corrected chi connectivity index (χ1v) is 9.77. The van der Waals surface area contributed by atoms with E-state index in [2.05, 4.69) is 4.99 Å². The Morgan fingerprint density at radius 3 is 2.23 bits per heavy atom. The lowest BCUT2D eigenvalue weighted by Crippen LogP contribution is -2.33. The molecular formula is C22H24N2O6. The van der Waals surface area contributed by atoms with Crippen molar-refractivity contribution < 1.29 is 29.4 Å². The fourth-order valence-corrected chi connectivity index (χ4v) is 3.89. The molecule has 1 aromatic carbocycles. The maximum Gasteiger partial charge on any atom is 0.325 e. The predicted octanol–water partition coefficient (Wildman–Crippen LogP) is 2.79. The summed E-state index contributed by atoms with van der Waals surface area (Å²) < 4.78 is 0. The number of aliphatic carboxylic acids is 1. The maximum absolute atomic E-state index is 12.6. The zero-order valence-electron chi connectivity index (χ0n) is 17.0. The molecule has 2 amide bonds. The van der Waals surface area contributed by atoms with Crippen LogP contribution in [0.3, 0.4) is 0 Å². The molecule has 2 aliphatic rings. The molecular weight excluding hydrogens is 388 g/mol. The van der Waals surface area contributed by atoms with Gasteiger partial charge < -0.3 is 10.2 Å². The summed E-state index contributed by atoms with van der Waals surface area (Å²) >= 11 is 0. The van der Waals surface area contributed by atoms with E-state index in [1.165, 1.54) is 0 Å². The monoisotopic (exact) mass is 412 g/mol. The first-order chi connectivity index (χ1) is 14.1. The van der Waals surface area contributed by atoms with E-state index in [4.69, 9.17) is 5.11 Å². The van der Waals surface area contributed by atoms with Gasteiger partial charge in [-0.1, -0.05) is 26.0 Å². The van der Waals surface area contributed by atoms with Gasteiger partial charge in [-0.25, -0.2) is 0 Å². The second-order valence-corrected chi connectivity index (χ2v) is 8.33. The summed E-state index contributed by atoms with van der Waals surface area (Å²) in [5, 5.41) is 19.5. The third-order valence-electron chi connectivity index (χ3n) is 5.22. The van der Waals surface area contributed by atoms with Crippen LogP contribution in [0.15, 0.2) is 40.6 Å². The summed E-state index contributed by atoms with van der Waals surface area (Å²) in [6.07, 6.45) is 0.936. The van der Waals surface area contributed by atoms with E-state index < -0.39 is 12.5 Å². The van der Waals surface area contributed by atoms with Crippen LogP contribution >= 0.6 is 0 Å². The number of hydrogen-bond donors (Lipinski definition) is 2. The average molecular weight is 412 g/mol. The summed E-state index contributed by atoms with van der Waals surface area (Å²) in [6.45, 7) is 3.39. The molecule has 1 heterocycles. The number of carbonyl (C=O) groups is 4. The van der Waals surface area contributed by atoms with Crippen molar-refractivity contribution in [3.63, 3.8) is 0 Å². The molecule has 0 atom stereocenters. The van der Waals surface area contributed by atoms with Gasteiger partial charge in [0.1, 0.15) is 12.3 Å². The number of ketones is 1. The van der Waals surface area contributed by atoms with E-state index in [0.29, 0.717) is 17.5 Å². The molecule has 0 unspecified atom stereocenters. The summed E-state index contributed by atoms with van der Waals surface area (Å²) in [4.78, 5) is 53.5. The second kappa shape index (κ2) is 8.22. The summed E-state index contributed by atoms with van der Waals surface area (Å²) in [5.74, 6) is -2.34. The van der Waals surface area contributed by atoms with Crippen LogP contribution in [0, 0.1) is 5.41 Å². The lowest BCUT2D eigenvalue weighted by molar-refractivity contribution is -0.135. The van der Waals surface area contributed by atoms with Gasteiger partial charge in [-0.3, -0.25) is 29.1 Å². The smallest absolute Gasteiger partial charge is 0.325 e. The number of amides is 2. The summed E-state index contributed by atoms with van der Waals surface area (Å²) in [5.41, 5.74) is 0.698. The Balaban J connectivity index is 1.73. The Labute approximate surface area is 173 Å². The highest BCUT2D eigenvalue weighted by atomic mass is 16.4. The molecule has 1 aromatic rings. The third-order valence-corrected chi connectivity index (χ3v) is 5.22. The van der Waals surface area contributed by atoms with Gasteiger partial charge in [-0.2, -0.15) is 0 Å². The lowest BCUT2D eigenvalue weighted by atomic mass is 9.73. The highest BCUT2D eigenvalue weighted by Crippen LogP contribution is 2.36.